The van der Waals surface area contributed by atoms with Crippen molar-refractivity contribution in [1.29, 1.82) is 0 Å². The summed E-state index contributed by atoms with van der Waals surface area (Å²) in [5.74, 6) is 0.886. The number of rotatable bonds is 8. The number of sulfone groups is 1. The summed E-state index contributed by atoms with van der Waals surface area (Å²) < 4.78 is 24.2. The second kappa shape index (κ2) is 9.05. The first-order valence-corrected chi connectivity index (χ1v) is 10.4. The van der Waals surface area contributed by atoms with E-state index in [9.17, 15) is 8.42 Å². The van der Waals surface area contributed by atoms with E-state index in [1.54, 1.807) is 0 Å². The van der Waals surface area contributed by atoms with Crippen LogP contribution in [0.15, 0.2) is 4.99 Å². The first kappa shape index (κ1) is 20.5. The summed E-state index contributed by atoms with van der Waals surface area (Å²) in [7, 11) is -0.969. The Morgan fingerprint density at radius 1 is 1.38 bits per heavy atom. The van der Waals surface area contributed by atoms with E-state index < -0.39 is 9.84 Å². The van der Waals surface area contributed by atoms with E-state index >= 15 is 0 Å². The highest BCUT2D eigenvalue weighted by atomic mass is 32.2. The van der Waals surface area contributed by atoms with Gasteiger partial charge >= 0.3 is 0 Å². The van der Waals surface area contributed by atoms with Gasteiger partial charge in [0.15, 0.2) is 5.96 Å². The van der Waals surface area contributed by atoms with Gasteiger partial charge in [0.2, 0.25) is 0 Å². The van der Waals surface area contributed by atoms with Crippen molar-refractivity contribution in [2.45, 2.75) is 46.6 Å². The van der Waals surface area contributed by atoms with E-state index in [1.165, 1.54) is 17.5 Å². The van der Waals surface area contributed by atoms with Gasteiger partial charge in [0.05, 0.1) is 11.4 Å². The van der Waals surface area contributed by atoms with Crippen LogP contribution in [0.4, 0.5) is 0 Å². The van der Waals surface area contributed by atoms with Gasteiger partial charge in [-0.3, -0.25) is 9.67 Å². The van der Waals surface area contributed by atoms with Gasteiger partial charge in [0.1, 0.15) is 9.84 Å². The molecule has 7 nitrogen and oxygen atoms in total. The smallest absolute Gasteiger partial charge is 0.191 e. The lowest BCUT2D eigenvalue weighted by atomic mass is 10.1. The molecule has 0 aliphatic rings. The van der Waals surface area contributed by atoms with Gasteiger partial charge in [-0.25, -0.2) is 8.42 Å². The lowest BCUT2D eigenvalue weighted by molar-refractivity contribution is 0.599. The SMILES string of the molecule is CCNC(=NCCCS(C)(=O)=O)NC(C)Cc1c(C)nn(C)c1C. The maximum atomic E-state index is 11.2. The van der Waals surface area contributed by atoms with Crippen LogP contribution in [0.2, 0.25) is 0 Å². The van der Waals surface area contributed by atoms with Gasteiger partial charge in [-0.05, 0) is 46.1 Å². The van der Waals surface area contributed by atoms with Gasteiger partial charge < -0.3 is 10.6 Å². The Bertz CT molecular complexity index is 664. The van der Waals surface area contributed by atoms with Gasteiger partial charge in [-0.15, -0.1) is 0 Å². The highest BCUT2D eigenvalue weighted by Gasteiger charge is 2.14. The molecule has 24 heavy (non-hydrogen) atoms. The summed E-state index contributed by atoms with van der Waals surface area (Å²) in [5.41, 5.74) is 3.49. The monoisotopic (exact) mass is 357 g/mol. The summed E-state index contributed by atoms with van der Waals surface area (Å²) >= 11 is 0. The van der Waals surface area contributed by atoms with Crippen LogP contribution in [-0.4, -0.2) is 55.3 Å². The summed E-state index contributed by atoms with van der Waals surface area (Å²) in [4.78, 5) is 4.46. The molecule has 0 amide bonds. The fourth-order valence-corrected chi connectivity index (χ4v) is 3.19. The van der Waals surface area contributed by atoms with Crippen molar-refractivity contribution < 1.29 is 8.42 Å². The summed E-state index contributed by atoms with van der Waals surface area (Å²) in [6.07, 6.45) is 2.64. The van der Waals surface area contributed by atoms with Crippen LogP contribution in [0.3, 0.4) is 0 Å². The fraction of sp³-hybridized carbons (Fsp3) is 0.750. The molecule has 0 fully saturated rings. The van der Waals surface area contributed by atoms with Crippen molar-refractivity contribution >= 4 is 15.8 Å². The third kappa shape index (κ3) is 6.90. The lowest BCUT2D eigenvalue weighted by Crippen LogP contribution is -2.43. The second-order valence-electron chi connectivity index (χ2n) is 6.27. The molecule has 1 rings (SSSR count). The average Bonchev–Trinajstić information content (AvgIpc) is 2.69. The van der Waals surface area contributed by atoms with E-state index in [1.807, 2.05) is 25.6 Å². The molecule has 0 bridgehead atoms. The van der Waals surface area contributed by atoms with E-state index in [0.717, 1.165) is 24.6 Å². The van der Waals surface area contributed by atoms with Crippen LogP contribution in [0.25, 0.3) is 0 Å². The van der Waals surface area contributed by atoms with Gasteiger partial charge in [-0.1, -0.05) is 0 Å². The Labute approximate surface area is 145 Å². The van der Waals surface area contributed by atoms with Gasteiger partial charge in [-0.2, -0.15) is 5.10 Å². The molecule has 0 saturated heterocycles. The highest BCUT2D eigenvalue weighted by molar-refractivity contribution is 7.90. The van der Waals surface area contributed by atoms with Crippen LogP contribution in [-0.2, 0) is 23.3 Å². The molecule has 1 aromatic rings. The predicted molar refractivity (Wildman–Crippen MR) is 99.3 cm³/mol. The molecule has 0 aromatic carbocycles. The topological polar surface area (TPSA) is 88.4 Å². The maximum absolute atomic E-state index is 11.2. The van der Waals surface area contributed by atoms with Crippen molar-refractivity contribution in [3.63, 3.8) is 0 Å². The molecule has 1 atom stereocenters. The van der Waals surface area contributed by atoms with Crippen molar-refractivity contribution in [2.24, 2.45) is 12.0 Å². The molecule has 0 radical (unpaired) electrons. The first-order valence-electron chi connectivity index (χ1n) is 8.35. The number of aryl methyl sites for hydroxylation is 2. The molecular formula is C16H31N5O2S. The Balaban J connectivity index is 2.63. The Kier molecular flexibility index (Phi) is 7.72. The van der Waals surface area contributed by atoms with Gasteiger partial charge in [0, 0.05) is 38.1 Å². The summed E-state index contributed by atoms with van der Waals surface area (Å²) in [5, 5.41) is 11.0. The third-order valence-corrected chi connectivity index (χ3v) is 4.87. The number of guanidine groups is 1. The van der Waals surface area contributed by atoms with Crippen molar-refractivity contribution in [2.75, 3.05) is 25.1 Å². The highest BCUT2D eigenvalue weighted by Crippen LogP contribution is 2.14. The minimum atomic E-state index is -2.92. The van der Waals surface area contributed by atoms with Crippen molar-refractivity contribution in [3.8, 4) is 0 Å². The molecular weight excluding hydrogens is 326 g/mol. The van der Waals surface area contributed by atoms with E-state index in [2.05, 4.69) is 34.6 Å². The quantitative estimate of drug-likeness (QED) is 0.411. The molecule has 2 N–H and O–H groups in total. The van der Waals surface area contributed by atoms with Crippen LogP contribution >= 0.6 is 0 Å². The fourth-order valence-electron chi connectivity index (χ4n) is 2.54. The molecule has 1 aromatic heterocycles. The van der Waals surface area contributed by atoms with E-state index in [0.29, 0.717) is 13.0 Å². The Morgan fingerprint density at radius 2 is 2.04 bits per heavy atom. The minimum absolute atomic E-state index is 0.166. The molecule has 1 unspecified atom stereocenters. The maximum Gasteiger partial charge on any atom is 0.191 e. The summed E-state index contributed by atoms with van der Waals surface area (Å²) in [6.45, 7) is 9.46. The summed E-state index contributed by atoms with van der Waals surface area (Å²) in [6, 6.07) is 0.194. The molecule has 138 valence electrons. The number of nitrogens with zero attached hydrogens (tertiary/aromatic N) is 3. The molecule has 0 aliphatic heterocycles. The van der Waals surface area contributed by atoms with Crippen LogP contribution in [0.1, 0.15) is 37.2 Å². The van der Waals surface area contributed by atoms with E-state index in [-0.39, 0.29) is 11.8 Å². The van der Waals surface area contributed by atoms with Crippen LogP contribution < -0.4 is 10.6 Å². The largest absolute Gasteiger partial charge is 0.357 e. The standard InChI is InChI=1S/C16H31N5O2S/c1-7-17-16(18-9-8-10-24(6,22)23)19-12(2)11-15-13(3)20-21(5)14(15)4/h12H,7-11H2,1-6H3,(H2,17,18,19). The number of aromatic nitrogens is 2. The van der Waals surface area contributed by atoms with Crippen molar-refractivity contribution in [3.05, 3.63) is 17.0 Å². The van der Waals surface area contributed by atoms with Crippen LogP contribution in [0.5, 0.6) is 0 Å². The molecule has 8 heteroatoms. The number of nitrogens with one attached hydrogen (secondary N) is 2. The number of hydrogen-bond donors (Lipinski definition) is 2. The average molecular weight is 358 g/mol. The zero-order chi connectivity index (χ0) is 18.3. The number of hydrogen-bond acceptors (Lipinski definition) is 4. The first-order chi connectivity index (χ1) is 11.1. The molecule has 0 spiro atoms. The molecule has 0 saturated carbocycles. The van der Waals surface area contributed by atoms with Crippen LogP contribution in [0, 0.1) is 13.8 Å². The number of aliphatic imine (C=N–C) groups is 1. The lowest BCUT2D eigenvalue weighted by Gasteiger charge is -2.18. The van der Waals surface area contributed by atoms with Crippen molar-refractivity contribution in [1.82, 2.24) is 20.4 Å². The minimum Gasteiger partial charge on any atom is -0.357 e. The van der Waals surface area contributed by atoms with E-state index in [4.69, 9.17) is 0 Å². The Morgan fingerprint density at radius 3 is 2.54 bits per heavy atom. The third-order valence-electron chi connectivity index (χ3n) is 3.84. The molecule has 1 heterocycles. The molecule has 0 aliphatic carbocycles. The van der Waals surface area contributed by atoms with Gasteiger partial charge in [0.25, 0.3) is 0 Å². The second-order valence-corrected chi connectivity index (χ2v) is 8.53. The Hall–Kier alpha value is -1.57. The zero-order valence-electron chi connectivity index (χ0n) is 15.7. The normalized spacial score (nSPS) is 13.8. The zero-order valence-corrected chi connectivity index (χ0v) is 16.5. The predicted octanol–water partition coefficient (Wildman–Crippen LogP) is 0.958.